The molecule has 3 heterocycles. The summed E-state index contributed by atoms with van der Waals surface area (Å²) in [5.74, 6) is -0.635. The van der Waals surface area contributed by atoms with E-state index >= 15 is 0 Å². The van der Waals surface area contributed by atoms with E-state index in [0.717, 1.165) is 11.3 Å². The van der Waals surface area contributed by atoms with Crippen LogP contribution < -0.4 is 21.4 Å². The number of hydrogen-bond donors (Lipinski definition) is 4. The molecule has 3 aromatic rings. The van der Waals surface area contributed by atoms with E-state index in [2.05, 4.69) is 20.2 Å². The Hall–Kier alpha value is -3.08. The number of aromatic nitrogens is 2. The van der Waals surface area contributed by atoms with Crippen molar-refractivity contribution in [1.29, 1.82) is 0 Å². The Kier molecular flexibility index (Phi) is 6.87. The van der Waals surface area contributed by atoms with Crippen LogP contribution in [0, 0.1) is 0 Å². The predicted octanol–water partition coefficient (Wildman–Crippen LogP) is 0.160. The molecule has 1 fully saturated rings. The van der Waals surface area contributed by atoms with Crippen LogP contribution in [0.2, 0.25) is 5.02 Å². The number of anilines is 2. The molecular formula is C22H24BClN6O3. The van der Waals surface area contributed by atoms with Gasteiger partial charge in [0.25, 0.3) is 0 Å². The van der Waals surface area contributed by atoms with E-state index in [-0.39, 0.29) is 5.91 Å². The van der Waals surface area contributed by atoms with Gasteiger partial charge in [-0.25, -0.2) is 4.98 Å². The van der Waals surface area contributed by atoms with Crippen LogP contribution in [-0.2, 0) is 16.0 Å². The van der Waals surface area contributed by atoms with Gasteiger partial charge in [-0.3, -0.25) is 9.59 Å². The minimum atomic E-state index is -0.639. The molecule has 33 heavy (non-hydrogen) atoms. The third-order valence-corrected chi connectivity index (χ3v) is 5.97. The Morgan fingerprint density at radius 1 is 1.24 bits per heavy atom. The van der Waals surface area contributed by atoms with Crippen LogP contribution >= 0.6 is 11.6 Å². The average Bonchev–Trinajstić information content (AvgIpc) is 3.22. The monoisotopic (exact) mass is 466 g/mol. The molecule has 1 aliphatic heterocycles. The van der Waals surface area contributed by atoms with Crippen molar-refractivity contribution in [2.24, 2.45) is 5.73 Å². The van der Waals surface area contributed by atoms with Crippen LogP contribution in [0.3, 0.4) is 0 Å². The first-order valence-electron chi connectivity index (χ1n) is 10.6. The number of fused-ring (bicyclic) bond motifs is 1. The molecule has 2 amide bonds. The molecule has 5 N–H and O–H groups in total. The number of nitrogens with two attached hydrogens (primary N) is 1. The summed E-state index contributed by atoms with van der Waals surface area (Å²) >= 11 is 5.92. The Labute approximate surface area is 197 Å². The van der Waals surface area contributed by atoms with Gasteiger partial charge in [-0.2, -0.15) is 0 Å². The topological polar surface area (TPSA) is 128 Å². The number of pyridine rings is 1. The second-order valence-electron chi connectivity index (χ2n) is 7.94. The van der Waals surface area contributed by atoms with Gasteiger partial charge in [0.15, 0.2) is 0 Å². The van der Waals surface area contributed by atoms with E-state index in [4.69, 9.17) is 30.3 Å². The maximum Gasteiger partial charge on any atom is 0.250 e. The summed E-state index contributed by atoms with van der Waals surface area (Å²) in [6.07, 6.45) is 3.61. The lowest BCUT2D eigenvalue weighted by atomic mass is 9.93. The van der Waals surface area contributed by atoms with Gasteiger partial charge in [0, 0.05) is 49.3 Å². The van der Waals surface area contributed by atoms with Crippen LogP contribution in [0.5, 0.6) is 0 Å². The van der Waals surface area contributed by atoms with E-state index in [1.165, 1.54) is 0 Å². The molecule has 0 unspecified atom stereocenters. The van der Waals surface area contributed by atoms with E-state index < -0.39 is 18.6 Å². The largest absolute Gasteiger partial charge is 0.387 e. The maximum atomic E-state index is 12.9. The SMILES string of the molecule is [B]c1cnc2[nH]cc(NC(=O)CO)c2c1N1CCN(C(=O)[C@H](N)Cc2ccc(Cl)cc2)CC1. The molecule has 1 aromatic carbocycles. The number of piperazine rings is 1. The first kappa shape index (κ1) is 23.1. The number of aliphatic hydroxyl groups excluding tert-OH is 1. The zero-order valence-electron chi connectivity index (χ0n) is 17.9. The molecule has 0 saturated carbocycles. The highest BCUT2D eigenvalue weighted by atomic mass is 35.5. The van der Waals surface area contributed by atoms with Crippen molar-refractivity contribution in [3.05, 3.63) is 47.2 Å². The lowest BCUT2D eigenvalue weighted by Crippen LogP contribution is -2.54. The summed E-state index contributed by atoms with van der Waals surface area (Å²) in [6.45, 7) is 1.43. The molecule has 1 saturated heterocycles. The minimum absolute atomic E-state index is 0.102. The molecule has 2 aromatic heterocycles. The van der Waals surface area contributed by atoms with Gasteiger partial charge in [-0.05, 0) is 24.1 Å². The number of carbonyl (C=O) groups excluding carboxylic acids is 2. The van der Waals surface area contributed by atoms with Gasteiger partial charge in [0.05, 0.1) is 17.1 Å². The Bertz CT molecular complexity index is 1160. The third-order valence-electron chi connectivity index (χ3n) is 5.71. The van der Waals surface area contributed by atoms with E-state index in [9.17, 15) is 9.59 Å². The molecule has 11 heteroatoms. The average molecular weight is 467 g/mol. The van der Waals surface area contributed by atoms with Gasteiger partial charge in [0.1, 0.15) is 20.1 Å². The number of benzene rings is 1. The number of amides is 2. The lowest BCUT2D eigenvalue weighted by Gasteiger charge is -2.38. The Balaban J connectivity index is 1.46. The zero-order chi connectivity index (χ0) is 23.5. The summed E-state index contributed by atoms with van der Waals surface area (Å²) in [5, 5.41) is 13.0. The summed E-state index contributed by atoms with van der Waals surface area (Å²) in [5.41, 5.74) is 9.39. The molecule has 9 nitrogen and oxygen atoms in total. The van der Waals surface area contributed by atoms with Gasteiger partial charge in [-0.1, -0.05) is 29.2 Å². The quantitative estimate of drug-likeness (QED) is 0.383. The van der Waals surface area contributed by atoms with Gasteiger partial charge >= 0.3 is 0 Å². The number of aromatic amines is 1. The highest BCUT2D eigenvalue weighted by Gasteiger charge is 2.27. The fourth-order valence-corrected chi connectivity index (χ4v) is 4.20. The Morgan fingerprint density at radius 3 is 2.61 bits per heavy atom. The summed E-state index contributed by atoms with van der Waals surface area (Å²) in [7, 11) is 6.26. The lowest BCUT2D eigenvalue weighted by molar-refractivity contribution is -0.132. The fraction of sp³-hybridized carbons (Fsp3) is 0.318. The molecule has 0 spiro atoms. The van der Waals surface area contributed by atoms with Crippen molar-refractivity contribution >= 4 is 59.1 Å². The van der Waals surface area contributed by atoms with E-state index in [1.54, 1.807) is 29.4 Å². The number of rotatable bonds is 6. The first-order valence-corrected chi connectivity index (χ1v) is 10.9. The van der Waals surface area contributed by atoms with Crippen molar-refractivity contribution in [3.63, 3.8) is 0 Å². The van der Waals surface area contributed by atoms with Crippen LogP contribution in [0.25, 0.3) is 11.0 Å². The number of nitrogens with one attached hydrogen (secondary N) is 2. The highest BCUT2D eigenvalue weighted by Crippen LogP contribution is 2.31. The van der Waals surface area contributed by atoms with Crippen molar-refractivity contribution in [1.82, 2.24) is 14.9 Å². The fourth-order valence-electron chi connectivity index (χ4n) is 4.07. The van der Waals surface area contributed by atoms with Crippen LogP contribution in [-0.4, -0.2) is 78.5 Å². The molecule has 4 rings (SSSR count). The summed E-state index contributed by atoms with van der Waals surface area (Å²) in [4.78, 5) is 35.8. The van der Waals surface area contributed by atoms with Gasteiger partial charge in [0.2, 0.25) is 11.8 Å². The molecule has 1 aliphatic rings. The number of hydrogen-bond acceptors (Lipinski definition) is 6. The second kappa shape index (κ2) is 9.82. The smallest absolute Gasteiger partial charge is 0.250 e. The van der Waals surface area contributed by atoms with Crippen molar-refractivity contribution in [2.45, 2.75) is 12.5 Å². The van der Waals surface area contributed by atoms with Crippen LogP contribution in [0.15, 0.2) is 36.7 Å². The van der Waals surface area contributed by atoms with E-state index in [1.807, 2.05) is 12.1 Å². The minimum Gasteiger partial charge on any atom is -0.387 e. The molecule has 0 aliphatic carbocycles. The standard InChI is InChI=1S/C22H24BClN6O3/c23-15-10-26-21-19(17(11-27-21)28-18(32)12-31)20(15)29-5-7-30(8-6-29)22(33)16(25)9-13-1-3-14(24)4-2-13/h1-4,10-11,16,31H,5-9,12,25H2,(H,26,27)(H,28,32)/t16-/m1/s1. The molecular weight excluding hydrogens is 443 g/mol. The van der Waals surface area contributed by atoms with E-state index in [0.29, 0.717) is 59.8 Å². The van der Waals surface area contributed by atoms with Crippen molar-refractivity contribution in [3.8, 4) is 0 Å². The molecule has 170 valence electrons. The Morgan fingerprint density at radius 2 is 1.94 bits per heavy atom. The number of nitrogens with zero attached hydrogens (tertiary/aromatic N) is 3. The third kappa shape index (κ3) is 4.97. The molecule has 1 atom stereocenters. The molecule has 0 bridgehead atoms. The number of H-pyrrole nitrogens is 1. The number of carbonyl (C=O) groups is 2. The normalized spacial score (nSPS) is 15.0. The number of aliphatic hydroxyl groups is 1. The maximum absolute atomic E-state index is 12.9. The highest BCUT2D eigenvalue weighted by molar-refractivity contribution is 6.38. The summed E-state index contributed by atoms with van der Waals surface area (Å²) < 4.78 is 0. The number of halogens is 1. The van der Waals surface area contributed by atoms with Crippen LogP contribution in [0.1, 0.15) is 5.56 Å². The predicted molar refractivity (Wildman–Crippen MR) is 129 cm³/mol. The van der Waals surface area contributed by atoms with Crippen molar-refractivity contribution < 1.29 is 14.7 Å². The second-order valence-corrected chi connectivity index (χ2v) is 8.38. The zero-order valence-corrected chi connectivity index (χ0v) is 18.7. The van der Waals surface area contributed by atoms with Crippen LogP contribution in [0.4, 0.5) is 11.4 Å². The summed E-state index contributed by atoms with van der Waals surface area (Å²) in [6, 6.07) is 6.67. The van der Waals surface area contributed by atoms with Gasteiger partial charge in [-0.15, -0.1) is 0 Å². The van der Waals surface area contributed by atoms with Gasteiger partial charge < -0.3 is 30.9 Å². The van der Waals surface area contributed by atoms with Crippen molar-refractivity contribution in [2.75, 3.05) is 43.0 Å². The molecule has 2 radical (unpaired) electrons. The first-order chi connectivity index (χ1) is 15.9.